The van der Waals surface area contributed by atoms with Crippen LogP contribution in [-0.4, -0.2) is 40.4 Å². The molecule has 0 radical (unpaired) electrons. The number of aliphatic hydroxyl groups is 1. The molecular formula is C13H21NO3. The Morgan fingerprint density at radius 2 is 2.06 bits per heavy atom. The lowest BCUT2D eigenvalue weighted by Gasteiger charge is -2.26. The predicted octanol–water partition coefficient (Wildman–Crippen LogP) is 1.77. The maximum atomic E-state index is 11.8. The van der Waals surface area contributed by atoms with Crippen molar-refractivity contribution in [1.82, 2.24) is 4.90 Å². The third kappa shape index (κ3) is 4.27. The minimum absolute atomic E-state index is 0.334. The predicted molar refractivity (Wildman–Crippen MR) is 65.4 cm³/mol. The molecule has 1 fully saturated rings. The van der Waals surface area contributed by atoms with Crippen LogP contribution in [0.3, 0.4) is 0 Å². The molecule has 1 aliphatic rings. The van der Waals surface area contributed by atoms with E-state index < -0.39 is 11.2 Å². The first-order valence-corrected chi connectivity index (χ1v) is 5.94. The molecule has 0 aromatic rings. The highest BCUT2D eigenvalue weighted by molar-refractivity contribution is 5.68. The van der Waals surface area contributed by atoms with Crippen LogP contribution in [0.4, 0.5) is 4.79 Å². The van der Waals surface area contributed by atoms with Gasteiger partial charge in [0.1, 0.15) is 11.2 Å². The molecule has 0 spiro atoms. The summed E-state index contributed by atoms with van der Waals surface area (Å²) in [6.45, 7) is 6.52. The molecule has 1 rings (SSSR count). The highest BCUT2D eigenvalue weighted by Crippen LogP contribution is 2.22. The number of hydrogen-bond donors (Lipinski definition) is 1. The molecule has 0 aliphatic carbocycles. The van der Waals surface area contributed by atoms with Crippen LogP contribution in [0.25, 0.3) is 0 Å². The van der Waals surface area contributed by atoms with Crippen LogP contribution >= 0.6 is 0 Å². The SMILES string of the molecule is C#CC1(O)CCCN(C(=O)OC(C)(C)C)CC1. The van der Waals surface area contributed by atoms with Gasteiger partial charge in [0.25, 0.3) is 0 Å². The summed E-state index contributed by atoms with van der Waals surface area (Å²) in [5.74, 6) is 2.40. The zero-order valence-electron chi connectivity index (χ0n) is 10.8. The number of amides is 1. The number of terminal acetylenes is 1. The van der Waals surface area contributed by atoms with Gasteiger partial charge >= 0.3 is 6.09 Å². The summed E-state index contributed by atoms with van der Waals surface area (Å²) >= 11 is 0. The standard InChI is InChI=1S/C13H21NO3/c1-5-13(16)7-6-9-14(10-8-13)11(15)17-12(2,3)4/h1,16H,6-10H2,2-4H3. The lowest BCUT2D eigenvalue weighted by atomic mass is 9.96. The maximum absolute atomic E-state index is 11.8. The van der Waals surface area contributed by atoms with Gasteiger partial charge in [-0.05, 0) is 33.6 Å². The Bertz CT molecular complexity index is 327. The number of hydrogen-bond acceptors (Lipinski definition) is 3. The van der Waals surface area contributed by atoms with E-state index >= 15 is 0 Å². The van der Waals surface area contributed by atoms with Crippen molar-refractivity contribution in [1.29, 1.82) is 0 Å². The van der Waals surface area contributed by atoms with Crippen molar-refractivity contribution in [3.63, 3.8) is 0 Å². The fraction of sp³-hybridized carbons (Fsp3) is 0.769. The van der Waals surface area contributed by atoms with E-state index in [-0.39, 0.29) is 6.09 Å². The molecule has 4 heteroatoms. The second-order valence-electron chi connectivity index (χ2n) is 5.50. The second-order valence-corrected chi connectivity index (χ2v) is 5.50. The number of likely N-dealkylation sites (tertiary alicyclic amines) is 1. The van der Waals surface area contributed by atoms with Crippen LogP contribution in [0.2, 0.25) is 0 Å². The van der Waals surface area contributed by atoms with Crippen molar-refractivity contribution in [3.05, 3.63) is 0 Å². The Morgan fingerprint density at radius 3 is 2.59 bits per heavy atom. The van der Waals surface area contributed by atoms with Gasteiger partial charge in [-0.2, -0.15) is 0 Å². The molecule has 4 nitrogen and oxygen atoms in total. The zero-order chi connectivity index (χ0) is 13.1. The topological polar surface area (TPSA) is 49.8 Å². The first kappa shape index (κ1) is 13.9. The Kier molecular flexibility index (Phi) is 4.05. The molecule has 0 bridgehead atoms. The van der Waals surface area contributed by atoms with Gasteiger partial charge in [-0.3, -0.25) is 0 Å². The first-order chi connectivity index (χ1) is 7.76. The first-order valence-electron chi connectivity index (χ1n) is 5.94. The Morgan fingerprint density at radius 1 is 1.41 bits per heavy atom. The van der Waals surface area contributed by atoms with Crippen molar-refractivity contribution >= 4 is 6.09 Å². The molecule has 0 aromatic carbocycles. The van der Waals surface area contributed by atoms with E-state index in [2.05, 4.69) is 5.92 Å². The quantitative estimate of drug-likeness (QED) is 0.655. The van der Waals surface area contributed by atoms with Crippen molar-refractivity contribution in [2.24, 2.45) is 0 Å². The van der Waals surface area contributed by atoms with Crippen molar-refractivity contribution in [3.8, 4) is 12.3 Å². The smallest absolute Gasteiger partial charge is 0.410 e. The van der Waals surface area contributed by atoms with E-state index in [9.17, 15) is 9.90 Å². The summed E-state index contributed by atoms with van der Waals surface area (Å²) in [7, 11) is 0. The number of ether oxygens (including phenoxy) is 1. The number of carbonyl (C=O) groups excluding carboxylic acids is 1. The summed E-state index contributed by atoms with van der Waals surface area (Å²) in [5, 5.41) is 9.98. The van der Waals surface area contributed by atoms with Crippen LogP contribution in [0.1, 0.15) is 40.0 Å². The lowest BCUT2D eigenvalue weighted by Crippen LogP contribution is -2.38. The monoisotopic (exact) mass is 239 g/mol. The average molecular weight is 239 g/mol. The number of nitrogens with zero attached hydrogens (tertiary/aromatic N) is 1. The highest BCUT2D eigenvalue weighted by atomic mass is 16.6. The van der Waals surface area contributed by atoms with E-state index in [0.29, 0.717) is 32.4 Å². The fourth-order valence-corrected chi connectivity index (χ4v) is 1.77. The average Bonchev–Trinajstić information content (AvgIpc) is 2.39. The summed E-state index contributed by atoms with van der Waals surface area (Å²) in [6.07, 6.45) is 6.59. The van der Waals surface area contributed by atoms with E-state index in [1.54, 1.807) is 4.90 Å². The van der Waals surface area contributed by atoms with Crippen LogP contribution in [0, 0.1) is 12.3 Å². The molecule has 0 saturated carbocycles. The molecule has 17 heavy (non-hydrogen) atoms. The van der Waals surface area contributed by atoms with Gasteiger partial charge in [0.05, 0.1) is 0 Å². The summed E-state index contributed by atoms with van der Waals surface area (Å²) in [5.41, 5.74) is -1.57. The van der Waals surface area contributed by atoms with Crippen LogP contribution in [-0.2, 0) is 4.74 Å². The number of rotatable bonds is 0. The minimum atomic E-state index is -1.07. The molecule has 1 unspecified atom stereocenters. The Hall–Kier alpha value is -1.21. The van der Waals surface area contributed by atoms with Crippen molar-refractivity contribution in [2.45, 2.75) is 51.2 Å². The van der Waals surface area contributed by atoms with Crippen LogP contribution in [0.15, 0.2) is 0 Å². The van der Waals surface area contributed by atoms with Gasteiger partial charge in [0.15, 0.2) is 0 Å². The number of carbonyl (C=O) groups is 1. The largest absolute Gasteiger partial charge is 0.444 e. The third-order valence-electron chi connectivity index (χ3n) is 2.73. The van der Waals surface area contributed by atoms with Crippen molar-refractivity contribution in [2.75, 3.05) is 13.1 Å². The van der Waals surface area contributed by atoms with Gasteiger partial charge in [0, 0.05) is 19.5 Å². The molecular weight excluding hydrogens is 218 g/mol. The lowest BCUT2D eigenvalue weighted by molar-refractivity contribution is 0.0239. The van der Waals surface area contributed by atoms with Gasteiger partial charge < -0.3 is 14.7 Å². The third-order valence-corrected chi connectivity index (χ3v) is 2.73. The molecule has 1 aliphatic heterocycles. The molecule has 1 amide bonds. The molecule has 1 N–H and O–H groups in total. The summed E-state index contributed by atoms with van der Waals surface area (Å²) < 4.78 is 5.29. The zero-order valence-corrected chi connectivity index (χ0v) is 10.8. The molecule has 1 heterocycles. The van der Waals surface area contributed by atoms with E-state index in [1.165, 1.54) is 0 Å². The van der Waals surface area contributed by atoms with Gasteiger partial charge in [-0.25, -0.2) is 4.79 Å². The normalized spacial score (nSPS) is 25.9. The fourth-order valence-electron chi connectivity index (χ4n) is 1.77. The highest BCUT2D eigenvalue weighted by Gasteiger charge is 2.31. The van der Waals surface area contributed by atoms with Crippen LogP contribution in [0.5, 0.6) is 0 Å². The second kappa shape index (κ2) is 4.97. The van der Waals surface area contributed by atoms with Gasteiger partial charge in [-0.15, -0.1) is 6.42 Å². The van der Waals surface area contributed by atoms with E-state index in [1.807, 2.05) is 20.8 Å². The summed E-state index contributed by atoms with van der Waals surface area (Å²) in [6, 6.07) is 0. The summed E-state index contributed by atoms with van der Waals surface area (Å²) in [4.78, 5) is 13.4. The Balaban J connectivity index is 2.58. The van der Waals surface area contributed by atoms with Crippen LogP contribution < -0.4 is 0 Å². The van der Waals surface area contributed by atoms with Crippen molar-refractivity contribution < 1.29 is 14.6 Å². The molecule has 1 atom stereocenters. The molecule has 0 aromatic heterocycles. The van der Waals surface area contributed by atoms with E-state index in [4.69, 9.17) is 11.2 Å². The van der Waals surface area contributed by atoms with E-state index in [0.717, 1.165) is 0 Å². The molecule has 1 saturated heterocycles. The molecule has 96 valence electrons. The van der Waals surface area contributed by atoms with Gasteiger partial charge in [-0.1, -0.05) is 5.92 Å². The van der Waals surface area contributed by atoms with Gasteiger partial charge in [0.2, 0.25) is 0 Å². The Labute approximate surface area is 103 Å². The maximum Gasteiger partial charge on any atom is 0.410 e. The minimum Gasteiger partial charge on any atom is -0.444 e.